The van der Waals surface area contributed by atoms with E-state index in [1.807, 2.05) is 12.2 Å². The highest BCUT2D eigenvalue weighted by molar-refractivity contribution is 5.92. The van der Waals surface area contributed by atoms with Gasteiger partial charge in [0, 0.05) is 5.56 Å². The molecule has 4 nitrogen and oxygen atoms in total. The predicted octanol–water partition coefficient (Wildman–Crippen LogP) is 0.833. The van der Waals surface area contributed by atoms with Crippen LogP contribution in [0.15, 0.2) is 12.3 Å². The molecule has 1 aliphatic rings. The predicted molar refractivity (Wildman–Crippen MR) is 46.1 cm³/mol. The normalized spacial score (nSPS) is 12.7. The summed E-state index contributed by atoms with van der Waals surface area (Å²) in [5, 5.41) is 7.48. The van der Waals surface area contributed by atoms with Crippen molar-refractivity contribution in [3.8, 4) is 0 Å². The summed E-state index contributed by atoms with van der Waals surface area (Å²) in [6.07, 6.45) is 6.33. The molecule has 1 aliphatic carbocycles. The average molecular weight is 176 g/mol. The molecule has 1 heterocycles. The summed E-state index contributed by atoms with van der Waals surface area (Å²) < 4.78 is 4.59. The zero-order valence-electron chi connectivity index (χ0n) is 7.15. The number of aromatic nitrogens is 2. The number of allylic oxidation sites excluding steroid dienone is 1. The largest absolute Gasteiger partial charge is 0.464 e. The van der Waals surface area contributed by atoms with E-state index in [0.29, 0.717) is 5.69 Å². The molecule has 0 atom stereocenters. The van der Waals surface area contributed by atoms with Crippen molar-refractivity contribution in [2.45, 2.75) is 6.42 Å². The molecular weight excluding hydrogens is 168 g/mol. The summed E-state index contributed by atoms with van der Waals surface area (Å²) in [6.45, 7) is 0. The van der Waals surface area contributed by atoms with Gasteiger partial charge in [0.05, 0.1) is 13.3 Å². The number of fused-ring (bicyclic) bond motifs is 1. The first-order valence-electron chi connectivity index (χ1n) is 3.92. The molecule has 0 unspecified atom stereocenters. The minimum absolute atomic E-state index is 0.300. The number of rotatable bonds is 1. The molecule has 0 fully saturated rings. The summed E-state index contributed by atoms with van der Waals surface area (Å²) in [5.41, 5.74) is 2.16. The van der Waals surface area contributed by atoms with Crippen LogP contribution in [-0.2, 0) is 11.2 Å². The van der Waals surface area contributed by atoms with E-state index in [4.69, 9.17) is 0 Å². The molecule has 0 radical (unpaired) electrons. The van der Waals surface area contributed by atoms with Crippen LogP contribution in [0.4, 0.5) is 0 Å². The number of methoxy groups -OCH3 is 1. The van der Waals surface area contributed by atoms with Gasteiger partial charge in [0.25, 0.3) is 0 Å². The van der Waals surface area contributed by atoms with Crippen molar-refractivity contribution in [1.82, 2.24) is 10.2 Å². The molecule has 0 bridgehead atoms. The van der Waals surface area contributed by atoms with Crippen molar-refractivity contribution in [2.75, 3.05) is 7.11 Å². The minimum Gasteiger partial charge on any atom is -0.464 e. The van der Waals surface area contributed by atoms with Crippen molar-refractivity contribution in [3.05, 3.63) is 29.1 Å². The van der Waals surface area contributed by atoms with E-state index in [2.05, 4.69) is 14.9 Å². The number of ether oxygens (including phenoxy) is 1. The Labute approximate surface area is 75.2 Å². The lowest BCUT2D eigenvalue weighted by Crippen LogP contribution is -2.08. The number of esters is 1. The van der Waals surface area contributed by atoms with Gasteiger partial charge in [0.1, 0.15) is 0 Å². The summed E-state index contributed by atoms with van der Waals surface area (Å²) >= 11 is 0. The molecule has 0 saturated carbocycles. The third-order valence-electron chi connectivity index (χ3n) is 1.97. The van der Waals surface area contributed by atoms with Crippen molar-refractivity contribution >= 4 is 12.0 Å². The fourth-order valence-corrected chi connectivity index (χ4v) is 1.33. The zero-order valence-corrected chi connectivity index (χ0v) is 7.15. The molecule has 0 amide bonds. The highest BCUT2D eigenvalue weighted by Gasteiger charge is 2.17. The Hall–Kier alpha value is -1.71. The summed E-state index contributed by atoms with van der Waals surface area (Å²) in [7, 11) is 1.34. The van der Waals surface area contributed by atoms with E-state index in [-0.39, 0.29) is 0 Å². The van der Waals surface area contributed by atoms with Gasteiger partial charge >= 0.3 is 5.97 Å². The highest BCUT2D eigenvalue weighted by atomic mass is 16.5. The van der Waals surface area contributed by atoms with Crippen LogP contribution in [0.25, 0.3) is 6.08 Å². The van der Waals surface area contributed by atoms with Crippen molar-refractivity contribution in [1.29, 1.82) is 0 Å². The second-order valence-electron chi connectivity index (χ2n) is 2.73. The Morgan fingerprint density at radius 2 is 2.46 bits per heavy atom. The maximum Gasteiger partial charge on any atom is 0.359 e. The Morgan fingerprint density at radius 1 is 1.62 bits per heavy atom. The van der Waals surface area contributed by atoms with Gasteiger partial charge in [-0.15, -0.1) is 5.10 Å². The number of hydrogen-bond acceptors (Lipinski definition) is 4. The lowest BCUT2D eigenvalue weighted by molar-refractivity contribution is 0.0592. The second-order valence-corrected chi connectivity index (χ2v) is 2.73. The third-order valence-corrected chi connectivity index (χ3v) is 1.97. The van der Waals surface area contributed by atoms with Crippen LogP contribution >= 0.6 is 0 Å². The van der Waals surface area contributed by atoms with Gasteiger partial charge in [-0.3, -0.25) is 0 Å². The molecule has 0 aliphatic heterocycles. The van der Waals surface area contributed by atoms with Gasteiger partial charge in [-0.05, 0) is 12.0 Å². The standard InChI is InChI=1S/C9H8N2O2/c1-13-9(12)8-7-4-2-3-6(7)5-10-11-8/h2,4-5H,3H2,1H3. The molecule has 66 valence electrons. The lowest BCUT2D eigenvalue weighted by atomic mass is 10.1. The van der Waals surface area contributed by atoms with Crippen LogP contribution < -0.4 is 0 Å². The quantitative estimate of drug-likeness (QED) is 0.595. The molecule has 0 aromatic carbocycles. The number of carbonyl (C=O) groups is 1. The van der Waals surface area contributed by atoms with Crippen LogP contribution in [0.1, 0.15) is 21.6 Å². The summed E-state index contributed by atoms with van der Waals surface area (Å²) in [5.74, 6) is -0.434. The SMILES string of the molecule is COC(=O)c1nncc2c1C=CC2. The van der Waals surface area contributed by atoms with E-state index in [0.717, 1.165) is 17.5 Å². The molecule has 1 aromatic heterocycles. The Morgan fingerprint density at radius 3 is 3.23 bits per heavy atom. The fourth-order valence-electron chi connectivity index (χ4n) is 1.33. The number of hydrogen-bond donors (Lipinski definition) is 0. The lowest BCUT2D eigenvalue weighted by Gasteiger charge is -2.02. The van der Waals surface area contributed by atoms with Crippen LogP contribution in [0.3, 0.4) is 0 Å². The first-order chi connectivity index (χ1) is 6.33. The molecule has 0 spiro atoms. The van der Waals surface area contributed by atoms with E-state index in [9.17, 15) is 4.79 Å². The second kappa shape index (κ2) is 2.97. The van der Waals surface area contributed by atoms with Gasteiger partial charge < -0.3 is 4.74 Å². The van der Waals surface area contributed by atoms with Gasteiger partial charge in [-0.2, -0.15) is 5.10 Å². The van der Waals surface area contributed by atoms with Crippen LogP contribution in [0, 0.1) is 0 Å². The molecular formula is C9H8N2O2. The number of carbonyl (C=O) groups excluding carboxylic acids is 1. The maximum atomic E-state index is 11.2. The molecule has 0 saturated heterocycles. The first-order valence-corrected chi connectivity index (χ1v) is 3.92. The molecule has 4 heteroatoms. The van der Waals surface area contributed by atoms with Crippen molar-refractivity contribution < 1.29 is 9.53 Å². The van der Waals surface area contributed by atoms with E-state index in [1.54, 1.807) is 6.20 Å². The van der Waals surface area contributed by atoms with Crippen molar-refractivity contribution in [2.24, 2.45) is 0 Å². The molecule has 1 aromatic rings. The maximum absolute atomic E-state index is 11.2. The van der Waals surface area contributed by atoms with Crippen molar-refractivity contribution in [3.63, 3.8) is 0 Å². The minimum atomic E-state index is -0.434. The smallest absolute Gasteiger partial charge is 0.359 e. The molecule has 13 heavy (non-hydrogen) atoms. The Bertz CT molecular complexity index is 385. The third kappa shape index (κ3) is 1.20. The highest BCUT2D eigenvalue weighted by Crippen LogP contribution is 2.20. The van der Waals surface area contributed by atoms with Gasteiger partial charge in [0.15, 0.2) is 5.69 Å². The number of nitrogens with zero attached hydrogens (tertiary/aromatic N) is 2. The van der Waals surface area contributed by atoms with Crippen LogP contribution in [0.2, 0.25) is 0 Å². The fraction of sp³-hybridized carbons (Fsp3) is 0.222. The van der Waals surface area contributed by atoms with E-state index < -0.39 is 5.97 Å². The summed E-state index contributed by atoms with van der Waals surface area (Å²) in [4.78, 5) is 11.2. The summed E-state index contributed by atoms with van der Waals surface area (Å²) in [6, 6.07) is 0. The monoisotopic (exact) mass is 176 g/mol. The van der Waals surface area contributed by atoms with E-state index in [1.165, 1.54) is 7.11 Å². The average Bonchev–Trinajstić information content (AvgIpc) is 2.63. The molecule has 0 N–H and O–H groups in total. The van der Waals surface area contributed by atoms with Gasteiger partial charge in [-0.1, -0.05) is 12.2 Å². The topological polar surface area (TPSA) is 52.1 Å². The van der Waals surface area contributed by atoms with E-state index >= 15 is 0 Å². The zero-order chi connectivity index (χ0) is 9.26. The van der Waals surface area contributed by atoms with Gasteiger partial charge in [-0.25, -0.2) is 4.79 Å². The first kappa shape index (κ1) is 7.91. The molecule has 2 rings (SSSR count). The van der Waals surface area contributed by atoms with Crippen LogP contribution in [0.5, 0.6) is 0 Å². The Kier molecular flexibility index (Phi) is 1.81. The Balaban J connectivity index is 2.52. The van der Waals surface area contributed by atoms with Gasteiger partial charge in [0.2, 0.25) is 0 Å². The van der Waals surface area contributed by atoms with Crippen LogP contribution in [-0.4, -0.2) is 23.3 Å².